The molecule has 0 bridgehead atoms. The highest BCUT2D eigenvalue weighted by molar-refractivity contribution is 8.01. The molecular formula is C21H25NS. The van der Waals surface area contributed by atoms with Crippen LogP contribution in [0.25, 0.3) is 0 Å². The first-order valence-electron chi connectivity index (χ1n) is 8.56. The van der Waals surface area contributed by atoms with Crippen LogP contribution in [0.1, 0.15) is 36.1 Å². The van der Waals surface area contributed by atoms with Crippen molar-refractivity contribution in [2.75, 3.05) is 5.75 Å². The van der Waals surface area contributed by atoms with E-state index in [-0.39, 0.29) is 4.87 Å². The van der Waals surface area contributed by atoms with Crippen molar-refractivity contribution in [2.24, 2.45) is 4.99 Å². The molecule has 0 atom stereocenters. The van der Waals surface area contributed by atoms with Crippen molar-refractivity contribution in [3.63, 3.8) is 0 Å². The fourth-order valence-corrected chi connectivity index (χ4v) is 4.39. The summed E-state index contributed by atoms with van der Waals surface area (Å²) in [6.07, 6.45) is 6.31. The zero-order chi connectivity index (χ0) is 16.1. The van der Waals surface area contributed by atoms with Gasteiger partial charge in [-0.3, -0.25) is 4.99 Å². The minimum atomic E-state index is -0.0290. The van der Waals surface area contributed by atoms with Crippen LogP contribution in [-0.2, 0) is 25.7 Å². The fourth-order valence-electron chi connectivity index (χ4n) is 3.25. The molecule has 23 heavy (non-hydrogen) atoms. The topological polar surface area (TPSA) is 12.4 Å². The maximum absolute atomic E-state index is 4.91. The summed E-state index contributed by atoms with van der Waals surface area (Å²) in [6.45, 7) is 4.43. The van der Waals surface area contributed by atoms with Crippen molar-refractivity contribution in [3.8, 4) is 0 Å². The van der Waals surface area contributed by atoms with E-state index in [2.05, 4.69) is 68.6 Å². The largest absolute Gasteiger partial charge is 0.278 e. The van der Waals surface area contributed by atoms with Crippen LogP contribution in [0.4, 0.5) is 0 Å². The van der Waals surface area contributed by atoms with Crippen LogP contribution in [-0.4, -0.2) is 16.8 Å². The molecule has 3 rings (SSSR count). The Balaban J connectivity index is 1.83. The van der Waals surface area contributed by atoms with Crippen LogP contribution < -0.4 is 0 Å². The summed E-state index contributed by atoms with van der Waals surface area (Å²) >= 11 is 1.98. The quantitative estimate of drug-likeness (QED) is 0.719. The first-order valence-corrected chi connectivity index (χ1v) is 9.55. The number of aliphatic imine (C=N–C) groups is 1. The van der Waals surface area contributed by atoms with Gasteiger partial charge in [-0.1, -0.05) is 62.4 Å². The van der Waals surface area contributed by atoms with Crippen molar-refractivity contribution in [3.05, 3.63) is 70.8 Å². The van der Waals surface area contributed by atoms with E-state index in [1.165, 1.54) is 22.3 Å². The Kier molecular flexibility index (Phi) is 5.22. The number of nitrogens with zero attached hydrogens (tertiary/aromatic N) is 1. The van der Waals surface area contributed by atoms with E-state index in [0.717, 1.165) is 31.4 Å². The molecule has 0 fully saturated rings. The van der Waals surface area contributed by atoms with Crippen molar-refractivity contribution in [1.82, 2.24) is 0 Å². The standard InChI is InChI=1S/C21H25NS/c1-3-17-7-5-9-19(13-17)15-21(22-11-12-23-21)16-20-10-6-8-18(4-2)14-20/h5-11,13-14H,3-4,12,15-16H2,1-2H3. The number of rotatable bonds is 6. The summed E-state index contributed by atoms with van der Waals surface area (Å²) in [4.78, 5) is 4.88. The molecule has 2 aromatic rings. The van der Waals surface area contributed by atoms with Crippen molar-refractivity contribution in [2.45, 2.75) is 44.4 Å². The van der Waals surface area contributed by atoms with Crippen LogP contribution in [0.3, 0.4) is 0 Å². The summed E-state index contributed by atoms with van der Waals surface area (Å²) in [5, 5.41) is 0. The normalized spacial score (nSPS) is 15.9. The van der Waals surface area contributed by atoms with Gasteiger partial charge in [0.1, 0.15) is 4.87 Å². The minimum absolute atomic E-state index is 0.0290. The second kappa shape index (κ2) is 7.35. The van der Waals surface area contributed by atoms with Gasteiger partial charge in [-0.15, -0.1) is 11.8 Å². The second-order valence-corrected chi connectivity index (χ2v) is 7.65. The molecule has 0 aromatic heterocycles. The third-order valence-electron chi connectivity index (χ3n) is 4.51. The molecule has 2 aromatic carbocycles. The summed E-state index contributed by atoms with van der Waals surface area (Å²) in [7, 11) is 0. The smallest absolute Gasteiger partial charge is 0.114 e. The predicted octanol–water partition coefficient (Wildman–Crippen LogP) is 5.11. The predicted molar refractivity (Wildman–Crippen MR) is 103 cm³/mol. The van der Waals surface area contributed by atoms with E-state index in [0.29, 0.717) is 0 Å². The van der Waals surface area contributed by atoms with Gasteiger partial charge in [0.25, 0.3) is 0 Å². The molecule has 0 radical (unpaired) electrons. The van der Waals surface area contributed by atoms with E-state index in [1.807, 2.05) is 11.8 Å². The molecule has 0 amide bonds. The summed E-state index contributed by atoms with van der Waals surface area (Å²) in [6, 6.07) is 18.0. The zero-order valence-corrected chi connectivity index (χ0v) is 14.9. The molecule has 0 aliphatic carbocycles. The molecule has 0 saturated carbocycles. The fraction of sp³-hybridized carbons (Fsp3) is 0.381. The van der Waals surface area contributed by atoms with Crippen molar-refractivity contribution in [1.29, 1.82) is 0 Å². The zero-order valence-electron chi connectivity index (χ0n) is 14.1. The van der Waals surface area contributed by atoms with Crippen LogP contribution >= 0.6 is 11.8 Å². The Bertz CT molecular complexity index is 640. The van der Waals surface area contributed by atoms with E-state index in [9.17, 15) is 0 Å². The molecule has 2 heteroatoms. The van der Waals surface area contributed by atoms with Gasteiger partial charge >= 0.3 is 0 Å². The SMILES string of the molecule is CCc1cccc(CC2(Cc3cccc(CC)c3)N=CCS2)c1. The first kappa shape index (κ1) is 16.3. The second-order valence-electron chi connectivity index (χ2n) is 6.27. The number of hydrogen-bond donors (Lipinski definition) is 0. The molecule has 1 aliphatic rings. The van der Waals surface area contributed by atoms with Crippen molar-refractivity contribution >= 4 is 18.0 Å². The molecule has 0 unspecified atom stereocenters. The maximum Gasteiger partial charge on any atom is 0.114 e. The number of aryl methyl sites for hydroxylation is 2. The van der Waals surface area contributed by atoms with E-state index in [1.54, 1.807) is 0 Å². The Morgan fingerprint density at radius 3 is 1.83 bits per heavy atom. The average molecular weight is 324 g/mol. The number of benzene rings is 2. The Labute approximate surface area is 144 Å². The van der Waals surface area contributed by atoms with Gasteiger partial charge in [0, 0.05) is 24.8 Å². The van der Waals surface area contributed by atoms with Crippen LogP contribution in [0.2, 0.25) is 0 Å². The lowest BCUT2D eigenvalue weighted by Crippen LogP contribution is -2.26. The molecule has 1 aliphatic heterocycles. The summed E-state index contributed by atoms with van der Waals surface area (Å²) in [5.74, 6) is 1.03. The molecule has 1 nitrogen and oxygen atoms in total. The van der Waals surface area contributed by atoms with E-state index < -0.39 is 0 Å². The molecular weight excluding hydrogens is 298 g/mol. The van der Waals surface area contributed by atoms with Gasteiger partial charge < -0.3 is 0 Å². The van der Waals surface area contributed by atoms with Gasteiger partial charge in [0.05, 0.1) is 0 Å². The van der Waals surface area contributed by atoms with Gasteiger partial charge in [-0.2, -0.15) is 0 Å². The average Bonchev–Trinajstić information content (AvgIpc) is 3.03. The molecule has 120 valence electrons. The lowest BCUT2D eigenvalue weighted by atomic mass is 9.96. The van der Waals surface area contributed by atoms with E-state index in [4.69, 9.17) is 4.99 Å². The third kappa shape index (κ3) is 4.06. The van der Waals surface area contributed by atoms with Crippen LogP contribution in [0.5, 0.6) is 0 Å². The van der Waals surface area contributed by atoms with E-state index >= 15 is 0 Å². The van der Waals surface area contributed by atoms with Crippen molar-refractivity contribution < 1.29 is 0 Å². The third-order valence-corrected chi connectivity index (χ3v) is 5.76. The summed E-state index contributed by atoms with van der Waals surface area (Å²) < 4.78 is 0. The highest BCUT2D eigenvalue weighted by Crippen LogP contribution is 2.37. The van der Waals surface area contributed by atoms with Crippen LogP contribution in [0, 0.1) is 0 Å². The van der Waals surface area contributed by atoms with Gasteiger partial charge in [0.15, 0.2) is 0 Å². The Hall–Kier alpha value is -1.54. The maximum atomic E-state index is 4.91. The molecule has 0 spiro atoms. The lowest BCUT2D eigenvalue weighted by Gasteiger charge is -2.26. The molecule has 0 saturated heterocycles. The lowest BCUT2D eigenvalue weighted by molar-refractivity contribution is 0.616. The van der Waals surface area contributed by atoms with Crippen LogP contribution in [0.15, 0.2) is 53.5 Å². The highest BCUT2D eigenvalue weighted by Gasteiger charge is 2.33. The monoisotopic (exact) mass is 323 g/mol. The first-order chi connectivity index (χ1) is 11.2. The van der Waals surface area contributed by atoms with Gasteiger partial charge in [0.2, 0.25) is 0 Å². The van der Waals surface area contributed by atoms with Gasteiger partial charge in [-0.05, 0) is 35.1 Å². The molecule has 1 heterocycles. The Morgan fingerprint density at radius 1 is 0.870 bits per heavy atom. The number of hydrogen-bond acceptors (Lipinski definition) is 2. The molecule has 0 N–H and O–H groups in total. The Morgan fingerprint density at radius 2 is 1.39 bits per heavy atom. The highest BCUT2D eigenvalue weighted by atomic mass is 32.2. The van der Waals surface area contributed by atoms with Gasteiger partial charge in [-0.25, -0.2) is 0 Å². The minimum Gasteiger partial charge on any atom is -0.278 e. The summed E-state index contributed by atoms with van der Waals surface area (Å²) in [5.41, 5.74) is 5.64. The number of thioether (sulfide) groups is 1.